The standard InChI is InChI=1S/C20H21FN3O3P/c1-11-2-4-24-15(9-13-10-22-3-5-27-13)19(23-17(24)6-11)18-14(21)7-12(20(25)26)8-16(18)28/h2,4,6-8,13,22H,3,5,9-10,28H2,1H3,(H,25,26)/t13-/m0/s1. The SMILES string of the molecule is Cc1ccn2c(C[C@H]3CNCCO3)c(-c3c(F)cc(C(=O)O)cc3P)nc2c1. The lowest BCUT2D eigenvalue weighted by atomic mass is 10.0. The zero-order chi connectivity index (χ0) is 19.8. The van der Waals surface area contributed by atoms with E-state index in [0.29, 0.717) is 36.1 Å². The van der Waals surface area contributed by atoms with Crippen molar-refractivity contribution >= 4 is 26.2 Å². The molecule has 4 rings (SSSR count). The fraction of sp³-hybridized carbons (Fsp3) is 0.300. The smallest absolute Gasteiger partial charge is 0.335 e. The van der Waals surface area contributed by atoms with E-state index in [0.717, 1.165) is 29.5 Å². The second-order valence-electron chi connectivity index (χ2n) is 6.97. The Hall–Kier alpha value is -2.34. The van der Waals surface area contributed by atoms with Crippen molar-refractivity contribution < 1.29 is 19.0 Å². The molecular formula is C20H21FN3O3P. The number of carboxylic acids is 1. The first kappa shape index (κ1) is 19.0. The Bertz CT molecular complexity index is 1040. The molecule has 3 aromatic rings. The van der Waals surface area contributed by atoms with E-state index in [2.05, 4.69) is 14.6 Å². The Kier molecular flexibility index (Phi) is 5.15. The van der Waals surface area contributed by atoms with Gasteiger partial charge in [0.05, 0.1) is 29.7 Å². The molecule has 3 heterocycles. The number of ether oxygens (including phenoxy) is 1. The largest absolute Gasteiger partial charge is 0.478 e. The normalized spacial score (nSPS) is 17.2. The van der Waals surface area contributed by atoms with Gasteiger partial charge >= 0.3 is 5.97 Å². The molecule has 8 heteroatoms. The van der Waals surface area contributed by atoms with E-state index in [9.17, 15) is 14.3 Å². The molecule has 1 fully saturated rings. The van der Waals surface area contributed by atoms with Crippen LogP contribution in [0.5, 0.6) is 0 Å². The Morgan fingerprint density at radius 1 is 1.46 bits per heavy atom. The highest BCUT2D eigenvalue weighted by Gasteiger charge is 2.24. The number of carbonyl (C=O) groups is 1. The number of halogens is 1. The molecule has 28 heavy (non-hydrogen) atoms. The van der Waals surface area contributed by atoms with E-state index in [4.69, 9.17) is 9.72 Å². The number of fused-ring (bicyclic) bond motifs is 1. The molecule has 0 amide bonds. The van der Waals surface area contributed by atoms with Crippen molar-refractivity contribution in [3.8, 4) is 11.3 Å². The predicted octanol–water partition coefficient (Wildman–Crippen LogP) is 2.18. The van der Waals surface area contributed by atoms with Crippen LogP contribution in [0.3, 0.4) is 0 Å². The van der Waals surface area contributed by atoms with Crippen LogP contribution in [0.25, 0.3) is 16.9 Å². The summed E-state index contributed by atoms with van der Waals surface area (Å²) in [6.07, 6.45) is 2.46. The van der Waals surface area contributed by atoms with E-state index < -0.39 is 11.8 Å². The summed E-state index contributed by atoms with van der Waals surface area (Å²) in [5, 5.41) is 13.0. The molecule has 2 atom stereocenters. The number of carboxylic acid groups (broad SMARTS) is 1. The summed E-state index contributed by atoms with van der Waals surface area (Å²) in [4.78, 5) is 15.9. The maximum Gasteiger partial charge on any atom is 0.335 e. The third kappa shape index (κ3) is 3.53. The zero-order valence-electron chi connectivity index (χ0n) is 15.4. The van der Waals surface area contributed by atoms with Crippen LogP contribution in [0, 0.1) is 12.7 Å². The highest BCUT2D eigenvalue weighted by atomic mass is 31.0. The topological polar surface area (TPSA) is 75.9 Å². The summed E-state index contributed by atoms with van der Waals surface area (Å²) >= 11 is 0. The fourth-order valence-corrected chi connectivity index (χ4v) is 4.01. The van der Waals surface area contributed by atoms with Crippen molar-refractivity contribution in [2.45, 2.75) is 19.4 Å². The van der Waals surface area contributed by atoms with Crippen molar-refractivity contribution in [1.82, 2.24) is 14.7 Å². The number of imidazole rings is 1. The quantitative estimate of drug-likeness (QED) is 0.656. The minimum atomic E-state index is -1.17. The first-order chi connectivity index (χ1) is 13.4. The highest BCUT2D eigenvalue weighted by molar-refractivity contribution is 7.28. The number of hydrogen-bond donors (Lipinski definition) is 2. The van der Waals surface area contributed by atoms with Crippen LogP contribution in [0.2, 0.25) is 0 Å². The number of rotatable bonds is 4. The van der Waals surface area contributed by atoms with Crippen LogP contribution in [0.4, 0.5) is 4.39 Å². The van der Waals surface area contributed by atoms with Crippen molar-refractivity contribution in [3.05, 3.63) is 53.1 Å². The van der Waals surface area contributed by atoms with Crippen LogP contribution in [-0.2, 0) is 11.2 Å². The minimum Gasteiger partial charge on any atom is -0.478 e. The molecule has 0 saturated carbocycles. The van der Waals surface area contributed by atoms with E-state index in [1.807, 2.05) is 29.7 Å². The van der Waals surface area contributed by atoms with Crippen molar-refractivity contribution in [1.29, 1.82) is 0 Å². The molecule has 0 bridgehead atoms. The fourth-order valence-electron chi connectivity index (χ4n) is 3.56. The number of morpholine rings is 1. The lowest BCUT2D eigenvalue weighted by molar-refractivity contribution is 0.0286. The van der Waals surface area contributed by atoms with Crippen molar-refractivity contribution in [2.24, 2.45) is 0 Å². The molecular weight excluding hydrogens is 380 g/mol. The van der Waals surface area contributed by atoms with Crippen LogP contribution in [-0.4, -0.2) is 46.3 Å². The van der Waals surface area contributed by atoms with Crippen LogP contribution in [0.15, 0.2) is 30.5 Å². The van der Waals surface area contributed by atoms with E-state index in [1.165, 1.54) is 6.07 Å². The van der Waals surface area contributed by atoms with Gasteiger partial charge in [0.2, 0.25) is 0 Å². The molecule has 146 valence electrons. The summed E-state index contributed by atoms with van der Waals surface area (Å²) in [5.41, 5.74) is 3.34. The lowest BCUT2D eigenvalue weighted by Crippen LogP contribution is -2.39. The molecule has 2 N–H and O–H groups in total. The maximum atomic E-state index is 15.0. The van der Waals surface area contributed by atoms with Gasteiger partial charge in [-0.2, -0.15) is 0 Å². The number of hydrogen-bond acceptors (Lipinski definition) is 4. The molecule has 1 saturated heterocycles. The van der Waals surface area contributed by atoms with Gasteiger partial charge in [-0.05, 0) is 42.1 Å². The van der Waals surface area contributed by atoms with Gasteiger partial charge in [0, 0.05) is 31.3 Å². The van der Waals surface area contributed by atoms with Gasteiger partial charge in [0.15, 0.2) is 0 Å². The summed E-state index contributed by atoms with van der Waals surface area (Å²) in [5.74, 6) is -1.77. The van der Waals surface area contributed by atoms with Gasteiger partial charge < -0.3 is 19.6 Å². The first-order valence-corrected chi connectivity index (χ1v) is 9.64. The highest BCUT2D eigenvalue weighted by Crippen LogP contribution is 2.29. The number of nitrogens with one attached hydrogen (secondary N) is 1. The summed E-state index contributed by atoms with van der Waals surface area (Å²) in [6.45, 7) is 4.14. The molecule has 1 unspecified atom stereocenters. The maximum absolute atomic E-state index is 15.0. The second kappa shape index (κ2) is 7.59. The summed E-state index contributed by atoms with van der Waals surface area (Å²) < 4.78 is 22.8. The third-order valence-corrected chi connectivity index (χ3v) is 5.37. The lowest BCUT2D eigenvalue weighted by Gasteiger charge is -2.24. The molecule has 1 aliphatic rings. The zero-order valence-corrected chi connectivity index (χ0v) is 16.6. The number of nitrogens with zero attached hydrogens (tertiary/aromatic N) is 2. The molecule has 0 aliphatic carbocycles. The number of benzene rings is 1. The average Bonchev–Trinajstić information content (AvgIpc) is 2.99. The van der Waals surface area contributed by atoms with Gasteiger partial charge in [-0.3, -0.25) is 0 Å². The van der Waals surface area contributed by atoms with Crippen LogP contribution >= 0.6 is 9.24 Å². The number of aromatic carboxylic acids is 1. The van der Waals surface area contributed by atoms with Gasteiger partial charge in [-0.1, -0.05) is 0 Å². The molecule has 0 spiro atoms. The Morgan fingerprint density at radius 3 is 2.96 bits per heavy atom. The predicted molar refractivity (Wildman–Crippen MR) is 108 cm³/mol. The number of aromatic nitrogens is 2. The Labute approximate surface area is 163 Å². The molecule has 1 aliphatic heterocycles. The second-order valence-corrected chi connectivity index (χ2v) is 7.59. The van der Waals surface area contributed by atoms with E-state index in [1.54, 1.807) is 0 Å². The summed E-state index contributed by atoms with van der Waals surface area (Å²) in [7, 11) is 2.43. The van der Waals surface area contributed by atoms with Crippen LogP contribution in [0.1, 0.15) is 21.6 Å². The minimum absolute atomic E-state index is 0.0389. The molecule has 1 aromatic carbocycles. The van der Waals surface area contributed by atoms with Gasteiger partial charge in [-0.15, -0.1) is 9.24 Å². The number of pyridine rings is 1. The first-order valence-electron chi connectivity index (χ1n) is 9.06. The average molecular weight is 401 g/mol. The molecule has 6 nitrogen and oxygen atoms in total. The van der Waals surface area contributed by atoms with Gasteiger partial charge in [0.25, 0.3) is 0 Å². The molecule has 0 radical (unpaired) electrons. The van der Waals surface area contributed by atoms with Crippen LogP contribution < -0.4 is 10.6 Å². The van der Waals surface area contributed by atoms with E-state index in [-0.39, 0.29) is 11.7 Å². The third-order valence-electron chi connectivity index (χ3n) is 4.91. The Morgan fingerprint density at radius 2 is 2.29 bits per heavy atom. The van der Waals surface area contributed by atoms with Crippen molar-refractivity contribution in [2.75, 3.05) is 19.7 Å². The monoisotopic (exact) mass is 401 g/mol. The molecule has 2 aromatic heterocycles. The Balaban J connectivity index is 1.88. The van der Waals surface area contributed by atoms with Gasteiger partial charge in [-0.25, -0.2) is 14.2 Å². The van der Waals surface area contributed by atoms with Gasteiger partial charge in [0.1, 0.15) is 11.5 Å². The van der Waals surface area contributed by atoms with Crippen molar-refractivity contribution in [3.63, 3.8) is 0 Å². The summed E-state index contributed by atoms with van der Waals surface area (Å²) in [6, 6.07) is 6.42. The van der Waals surface area contributed by atoms with E-state index >= 15 is 0 Å². The number of aryl methyl sites for hydroxylation is 1.